The van der Waals surface area contributed by atoms with Crippen molar-refractivity contribution < 1.29 is 9.53 Å². The van der Waals surface area contributed by atoms with Crippen LogP contribution in [0.25, 0.3) is 0 Å². The van der Waals surface area contributed by atoms with Gasteiger partial charge in [-0.1, -0.05) is 13.0 Å². The molecule has 1 aromatic heterocycles. The molecule has 0 spiro atoms. The monoisotopic (exact) mass is 420 g/mol. The molecule has 2 saturated heterocycles. The van der Waals surface area contributed by atoms with Crippen molar-refractivity contribution in [1.82, 2.24) is 15.1 Å². The number of guanidine groups is 1. The first kappa shape index (κ1) is 22.1. The highest BCUT2D eigenvalue weighted by Gasteiger charge is 2.28. The Morgan fingerprint density at radius 1 is 1.28 bits per heavy atom. The molecule has 1 atom stereocenters. The van der Waals surface area contributed by atoms with E-state index < -0.39 is 0 Å². The number of hydrogen-bond donors (Lipinski definition) is 1. The summed E-state index contributed by atoms with van der Waals surface area (Å²) in [6.45, 7) is 10.1. The van der Waals surface area contributed by atoms with E-state index in [1.54, 1.807) is 0 Å². The largest absolute Gasteiger partial charge is 0.469 e. The summed E-state index contributed by atoms with van der Waals surface area (Å²) in [5.74, 6) is 1.74. The number of esters is 1. The van der Waals surface area contributed by atoms with Gasteiger partial charge in [0, 0.05) is 24.5 Å². The molecule has 0 saturated carbocycles. The Balaban J connectivity index is 1.67. The van der Waals surface area contributed by atoms with E-state index in [9.17, 15) is 4.79 Å². The second-order valence-corrected chi connectivity index (χ2v) is 9.21. The Bertz CT molecular complexity index is 648. The molecule has 2 fully saturated rings. The number of piperidine rings is 2. The molecule has 0 bridgehead atoms. The average Bonchev–Trinajstić information content (AvgIpc) is 3.28. The van der Waals surface area contributed by atoms with Crippen LogP contribution in [0.2, 0.25) is 0 Å². The Morgan fingerprint density at radius 2 is 2.00 bits per heavy atom. The predicted octanol–water partition coefficient (Wildman–Crippen LogP) is 3.37. The van der Waals surface area contributed by atoms with Gasteiger partial charge < -0.3 is 15.0 Å². The number of carbonyl (C=O) groups is 1. The minimum Gasteiger partial charge on any atom is -0.469 e. The summed E-state index contributed by atoms with van der Waals surface area (Å²) in [4.78, 5) is 23.2. The standard InChI is InChI=1S/C22H36N4O2S/c1-4-23-22(26-13-9-18(10-14-26)21(27)28-3)24-16-19(20-6-5-15-29-20)25-11-7-17(2)8-12-25/h5-6,15,17-19H,4,7-14,16H2,1-3H3,(H,23,24). The summed E-state index contributed by atoms with van der Waals surface area (Å²) in [7, 11) is 1.48. The zero-order valence-electron chi connectivity index (χ0n) is 18.1. The van der Waals surface area contributed by atoms with E-state index in [2.05, 4.69) is 46.5 Å². The van der Waals surface area contributed by atoms with Gasteiger partial charge in [-0.3, -0.25) is 14.7 Å². The first-order chi connectivity index (χ1) is 14.1. The van der Waals surface area contributed by atoms with Crippen molar-refractivity contribution in [3.63, 3.8) is 0 Å². The molecule has 6 nitrogen and oxygen atoms in total. The fourth-order valence-electron chi connectivity index (χ4n) is 4.30. The third-order valence-corrected chi connectivity index (χ3v) is 7.18. The van der Waals surface area contributed by atoms with Gasteiger partial charge in [-0.25, -0.2) is 0 Å². The normalized spacial score (nSPS) is 21.2. The number of methoxy groups -OCH3 is 1. The van der Waals surface area contributed by atoms with Crippen LogP contribution in [0.1, 0.15) is 50.4 Å². The SMILES string of the molecule is CCNC(=NCC(c1cccs1)N1CCC(C)CC1)N1CCC(C(=O)OC)CC1. The van der Waals surface area contributed by atoms with Gasteiger partial charge in [0.05, 0.1) is 25.6 Å². The van der Waals surface area contributed by atoms with Crippen molar-refractivity contribution in [3.05, 3.63) is 22.4 Å². The van der Waals surface area contributed by atoms with E-state index in [1.165, 1.54) is 24.8 Å². The van der Waals surface area contributed by atoms with Crippen molar-refractivity contribution in [3.8, 4) is 0 Å². The molecule has 1 aromatic rings. The first-order valence-corrected chi connectivity index (χ1v) is 11.9. The van der Waals surface area contributed by atoms with Crippen molar-refractivity contribution in [1.29, 1.82) is 0 Å². The van der Waals surface area contributed by atoms with Gasteiger partial charge in [0.25, 0.3) is 0 Å². The Kier molecular flexibility index (Phi) is 8.36. The molecule has 2 aliphatic heterocycles. The molecule has 3 rings (SSSR count). The Labute approximate surface area is 179 Å². The van der Waals surface area contributed by atoms with Gasteiger partial charge in [0.2, 0.25) is 0 Å². The number of hydrogen-bond acceptors (Lipinski definition) is 5. The number of ether oxygens (including phenoxy) is 1. The summed E-state index contributed by atoms with van der Waals surface area (Å²) >= 11 is 1.84. The van der Waals surface area contributed by atoms with Gasteiger partial charge in [0.1, 0.15) is 0 Å². The summed E-state index contributed by atoms with van der Waals surface area (Å²) in [5, 5.41) is 5.63. The second-order valence-electron chi connectivity index (χ2n) is 8.23. The highest BCUT2D eigenvalue weighted by atomic mass is 32.1. The molecule has 0 aliphatic carbocycles. The molecule has 1 N–H and O–H groups in total. The van der Waals surface area contributed by atoms with E-state index in [-0.39, 0.29) is 11.9 Å². The minimum absolute atomic E-state index is 0.0216. The van der Waals surface area contributed by atoms with Crippen LogP contribution in [0.3, 0.4) is 0 Å². The third kappa shape index (κ3) is 5.95. The molecule has 1 unspecified atom stereocenters. The lowest BCUT2D eigenvalue weighted by Gasteiger charge is -2.36. The quantitative estimate of drug-likeness (QED) is 0.434. The van der Waals surface area contributed by atoms with Gasteiger partial charge in [-0.05, 0) is 63.1 Å². The molecule has 0 radical (unpaired) electrons. The zero-order chi connectivity index (χ0) is 20.6. The summed E-state index contributed by atoms with van der Waals surface area (Å²) < 4.78 is 4.92. The number of thiophene rings is 1. The molecule has 3 heterocycles. The molecule has 7 heteroatoms. The fourth-order valence-corrected chi connectivity index (χ4v) is 5.15. The molecular weight excluding hydrogens is 384 g/mol. The van der Waals surface area contributed by atoms with Crippen molar-refractivity contribution in [2.45, 2.75) is 45.6 Å². The summed E-state index contributed by atoms with van der Waals surface area (Å²) in [6, 6.07) is 4.74. The van der Waals surface area contributed by atoms with Crippen LogP contribution >= 0.6 is 11.3 Å². The van der Waals surface area contributed by atoms with Gasteiger partial charge in [-0.2, -0.15) is 0 Å². The molecule has 0 aromatic carbocycles. The van der Waals surface area contributed by atoms with Crippen LogP contribution in [0, 0.1) is 11.8 Å². The summed E-state index contributed by atoms with van der Waals surface area (Å²) in [6.07, 6.45) is 4.20. The Morgan fingerprint density at radius 3 is 2.59 bits per heavy atom. The third-order valence-electron chi connectivity index (χ3n) is 6.21. The van der Waals surface area contributed by atoms with Crippen LogP contribution < -0.4 is 5.32 Å². The van der Waals surface area contributed by atoms with Crippen LogP contribution in [-0.4, -0.2) is 68.1 Å². The molecular formula is C22H36N4O2S. The molecule has 29 heavy (non-hydrogen) atoms. The number of nitrogens with one attached hydrogen (secondary N) is 1. The van der Waals surface area contributed by atoms with Gasteiger partial charge in [-0.15, -0.1) is 11.3 Å². The predicted molar refractivity (Wildman–Crippen MR) is 119 cm³/mol. The number of nitrogens with zero attached hydrogens (tertiary/aromatic N) is 3. The maximum atomic E-state index is 11.8. The summed E-state index contributed by atoms with van der Waals surface area (Å²) in [5.41, 5.74) is 0. The van der Waals surface area contributed by atoms with Crippen LogP contribution in [0.4, 0.5) is 0 Å². The molecule has 162 valence electrons. The maximum absolute atomic E-state index is 11.8. The number of carbonyl (C=O) groups excluding carboxylic acids is 1. The average molecular weight is 421 g/mol. The van der Waals surface area contributed by atoms with E-state index in [0.29, 0.717) is 6.04 Å². The van der Waals surface area contributed by atoms with E-state index in [0.717, 1.165) is 64.0 Å². The maximum Gasteiger partial charge on any atom is 0.308 e. The number of rotatable bonds is 6. The van der Waals surface area contributed by atoms with Crippen LogP contribution in [0.5, 0.6) is 0 Å². The van der Waals surface area contributed by atoms with Crippen molar-refractivity contribution in [2.75, 3.05) is 46.4 Å². The van der Waals surface area contributed by atoms with Crippen molar-refractivity contribution in [2.24, 2.45) is 16.8 Å². The van der Waals surface area contributed by atoms with E-state index in [1.807, 2.05) is 11.3 Å². The Hall–Kier alpha value is -1.60. The lowest BCUT2D eigenvalue weighted by Crippen LogP contribution is -2.47. The lowest BCUT2D eigenvalue weighted by atomic mass is 9.97. The number of aliphatic imine (C=N–C) groups is 1. The number of likely N-dealkylation sites (tertiary alicyclic amines) is 2. The van der Waals surface area contributed by atoms with Crippen LogP contribution in [0.15, 0.2) is 22.5 Å². The highest BCUT2D eigenvalue weighted by Crippen LogP contribution is 2.30. The zero-order valence-corrected chi connectivity index (χ0v) is 18.9. The lowest BCUT2D eigenvalue weighted by molar-refractivity contribution is -0.146. The smallest absolute Gasteiger partial charge is 0.308 e. The topological polar surface area (TPSA) is 57.2 Å². The highest BCUT2D eigenvalue weighted by molar-refractivity contribution is 7.10. The fraction of sp³-hybridized carbons (Fsp3) is 0.727. The minimum atomic E-state index is -0.0799. The molecule has 0 amide bonds. The van der Waals surface area contributed by atoms with E-state index >= 15 is 0 Å². The second kappa shape index (κ2) is 11.0. The van der Waals surface area contributed by atoms with Gasteiger partial charge >= 0.3 is 5.97 Å². The van der Waals surface area contributed by atoms with Crippen LogP contribution in [-0.2, 0) is 9.53 Å². The molecule has 2 aliphatic rings. The van der Waals surface area contributed by atoms with E-state index in [4.69, 9.17) is 9.73 Å². The first-order valence-electron chi connectivity index (χ1n) is 11.0. The van der Waals surface area contributed by atoms with Gasteiger partial charge in [0.15, 0.2) is 5.96 Å². The van der Waals surface area contributed by atoms with Crippen molar-refractivity contribution >= 4 is 23.3 Å².